The number of ether oxygens (including phenoxy) is 1. The first-order valence-corrected chi connectivity index (χ1v) is 22.6. The van der Waals surface area contributed by atoms with Crippen LogP contribution in [0.3, 0.4) is 0 Å². The van der Waals surface area contributed by atoms with E-state index in [1.165, 1.54) is 75.5 Å². The number of hydrogen-bond donors (Lipinski definition) is 1. The van der Waals surface area contributed by atoms with E-state index in [1.54, 1.807) is 0 Å². The average Bonchev–Trinajstić information content (AvgIpc) is 3.54. The molecule has 0 bridgehead atoms. The largest absolute Gasteiger partial charge is 0.460 e. The molecule has 4 saturated carbocycles. The van der Waals surface area contributed by atoms with Crippen LogP contribution in [0.2, 0.25) is 0 Å². The number of nitrogens with one attached hydrogen (secondary N) is 1. The Labute approximate surface area is 335 Å². The molecule has 1 N–H and O–H groups in total. The number of rotatable bonds is 12. The van der Waals surface area contributed by atoms with Crippen molar-refractivity contribution in [2.75, 3.05) is 40.4 Å². The number of carbonyl (C=O) groups is 1. The van der Waals surface area contributed by atoms with Crippen LogP contribution in [0.4, 0.5) is 4.39 Å². The van der Waals surface area contributed by atoms with Crippen LogP contribution in [0, 0.1) is 68.0 Å². The van der Waals surface area contributed by atoms with Gasteiger partial charge in [0.1, 0.15) is 13.3 Å². The number of likely N-dealkylation sites (N-methyl/N-ethyl adjacent to an activating group) is 1. The molecular formula is C50H77FN2O2. The summed E-state index contributed by atoms with van der Waals surface area (Å²) in [4.78, 5) is 15.7. The quantitative estimate of drug-likeness (QED) is 0.170. The maximum absolute atomic E-state index is 14.8. The van der Waals surface area contributed by atoms with E-state index in [0.29, 0.717) is 35.0 Å². The normalized spacial score (nSPS) is 40.8. The molecule has 0 aliphatic heterocycles. The van der Waals surface area contributed by atoms with Crippen molar-refractivity contribution < 1.29 is 13.9 Å². The van der Waals surface area contributed by atoms with E-state index in [9.17, 15) is 9.18 Å². The first-order chi connectivity index (χ1) is 26.1. The van der Waals surface area contributed by atoms with E-state index in [2.05, 4.69) is 84.9 Å². The average molecular weight is 757 g/mol. The predicted molar refractivity (Wildman–Crippen MR) is 225 cm³/mol. The molecule has 306 valence electrons. The van der Waals surface area contributed by atoms with Crippen LogP contribution >= 0.6 is 0 Å². The van der Waals surface area contributed by atoms with Crippen molar-refractivity contribution in [1.82, 2.24) is 10.2 Å². The number of allylic oxidation sites excluding steroid dienone is 4. The first-order valence-electron chi connectivity index (χ1n) is 22.6. The Hall–Kier alpha value is -1.98. The first kappa shape index (κ1) is 41.2. The third kappa shape index (κ3) is 6.83. The zero-order chi connectivity index (χ0) is 39.4. The summed E-state index contributed by atoms with van der Waals surface area (Å²) >= 11 is 0. The van der Waals surface area contributed by atoms with Gasteiger partial charge in [-0.25, -0.2) is 4.39 Å². The van der Waals surface area contributed by atoms with E-state index < -0.39 is 12.1 Å². The lowest BCUT2D eigenvalue weighted by molar-refractivity contribution is -0.229. The minimum Gasteiger partial charge on any atom is -0.460 e. The van der Waals surface area contributed by atoms with Crippen LogP contribution in [0.1, 0.15) is 138 Å². The van der Waals surface area contributed by atoms with Gasteiger partial charge in [0, 0.05) is 13.1 Å². The van der Waals surface area contributed by atoms with Gasteiger partial charge < -0.3 is 15.0 Å². The molecular weight excluding hydrogens is 680 g/mol. The molecule has 0 radical (unpaired) electrons. The van der Waals surface area contributed by atoms with Crippen molar-refractivity contribution in [2.24, 2.45) is 68.0 Å². The van der Waals surface area contributed by atoms with Gasteiger partial charge in [-0.2, -0.15) is 0 Å². The molecule has 6 aliphatic rings. The summed E-state index contributed by atoms with van der Waals surface area (Å²) in [6, 6.07) is 9.74. The third-order valence-electron chi connectivity index (χ3n) is 18.5. The molecule has 7 rings (SSSR count). The van der Waals surface area contributed by atoms with Gasteiger partial charge in [0.05, 0.1) is 5.41 Å². The summed E-state index contributed by atoms with van der Waals surface area (Å²) in [5.74, 6) is 4.30. The van der Waals surface area contributed by atoms with Crippen LogP contribution in [0.25, 0.3) is 0 Å². The molecule has 6 aliphatic carbocycles. The van der Waals surface area contributed by atoms with E-state index in [0.717, 1.165) is 61.1 Å². The van der Waals surface area contributed by atoms with Gasteiger partial charge in [-0.05, 0) is 183 Å². The number of fused-ring (bicyclic) bond motifs is 7. The topological polar surface area (TPSA) is 41.6 Å². The van der Waals surface area contributed by atoms with Crippen LogP contribution in [0.15, 0.2) is 53.6 Å². The lowest BCUT2D eigenvalue weighted by atomic mass is 9.32. The molecule has 4 fully saturated rings. The molecule has 55 heavy (non-hydrogen) atoms. The van der Waals surface area contributed by atoms with Gasteiger partial charge >= 0.3 is 5.97 Å². The van der Waals surface area contributed by atoms with Gasteiger partial charge in [-0.3, -0.25) is 4.79 Å². The lowest BCUT2D eigenvalue weighted by Crippen LogP contribution is -2.65. The molecule has 0 aromatic heterocycles. The minimum atomic E-state index is -1.07. The highest BCUT2D eigenvalue weighted by molar-refractivity contribution is 5.78. The summed E-state index contributed by atoms with van der Waals surface area (Å²) in [7, 11) is 4.36. The van der Waals surface area contributed by atoms with Crippen molar-refractivity contribution >= 4 is 5.97 Å². The number of carbonyl (C=O) groups excluding carboxylic acids is 1. The Morgan fingerprint density at radius 3 is 2.31 bits per heavy atom. The highest BCUT2D eigenvalue weighted by atomic mass is 19.1. The van der Waals surface area contributed by atoms with Gasteiger partial charge in [0.2, 0.25) is 0 Å². The van der Waals surface area contributed by atoms with Crippen molar-refractivity contribution in [2.45, 2.75) is 139 Å². The van der Waals surface area contributed by atoms with Gasteiger partial charge in [0.25, 0.3) is 0 Å². The smallest absolute Gasteiger partial charge is 0.315 e. The molecule has 4 nitrogen and oxygen atoms in total. The molecule has 0 amide bonds. The van der Waals surface area contributed by atoms with E-state index in [4.69, 9.17) is 4.74 Å². The SMILES string of the molecule is CC(C)[C@@H]1CC[C@]2(CCNCCN(C)C)CC[C@]3(C)[C@H](CC[C@@H]4[C@@]5(C)CC=C(C6=CC[C@](CF)(C(=O)OCc7ccccc7)CC6)C(C)(C)[C@@H]5CC[C@]43C)[C@@H]12. The predicted octanol–water partition coefficient (Wildman–Crippen LogP) is 11.6. The van der Waals surface area contributed by atoms with Crippen LogP contribution in [-0.2, 0) is 16.1 Å². The number of alkyl halides is 1. The highest BCUT2D eigenvalue weighted by Gasteiger charge is 2.70. The number of hydrogen-bond acceptors (Lipinski definition) is 4. The van der Waals surface area contributed by atoms with E-state index in [-0.39, 0.29) is 23.4 Å². The maximum Gasteiger partial charge on any atom is 0.315 e. The number of halogens is 1. The van der Waals surface area contributed by atoms with Gasteiger partial charge in [-0.1, -0.05) is 91.0 Å². The van der Waals surface area contributed by atoms with E-state index >= 15 is 0 Å². The maximum atomic E-state index is 14.8. The fraction of sp³-hybridized carbons (Fsp3) is 0.780. The number of benzene rings is 1. The fourth-order valence-electron chi connectivity index (χ4n) is 15.3. The molecule has 0 spiro atoms. The lowest BCUT2D eigenvalue weighted by Gasteiger charge is -2.72. The zero-order valence-corrected chi connectivity index (χ0v) is 36.4. The molecule has 10 atom stereocenters. The molecule has 0 saturated heterocycles. The minimum absolute atomic E-state index is 0.0386. The van der Waals surface area contributed by atoms with Gasteiger partial charge in [0.15, 0.2) is 0 Å². The van der Waals surface area contributed by atoms with Crippen LogP contribution < -0.4 is 5.32 Å². The summed E-state index contributed by atoms with van der Waals surface area (Å²) in [5.41, 5.74) is 4.28. The second kappa shape index (κ2) is 15.3. The summed E-state index contributed by atoms with van der Waals surface area (Å²) in [5, 5.41) is 3.85. The zero-order valence-electron chi connectivity index (χ0n) is 36.4. The summed E-state index contributed by atoms with van der Waals surface area (Å²) < 4.78 is 20.5. The van der Waals surface area contributed by atoms with Crippen LogP contribution in [-0.4, -0.2) is 51.3 Å². The second-order valence-electron chi connectivity index (χ2n) is 21.8. The molecule has 1 aromatic rings. The molecule has 0 heterocycles. The second-order valence-corrected chi connectivity index (χ2v) is 21.8. The number of esters is 1. The Morgan fingerprint density at radius 1 is 0.873 bits per heavy atom. The van der Waals surface area contributed by atoms with Crippen molar-refractivity contribution in [3.05, 3.63) is 59.2 Å². The van der Waals surface area contributed by atoms with Crippen molar-refractivity contribution in [3.8, 4) is 0 Å². The monoisotopic (exact) mass is 757 g/mol. The highest BCUT2D eigenvalue weighted by Crippen LogP contribution is 2.78. The van der Waals surface area contributed by atoms with E-state index in [1.807, 2.05) is 30.3 Å². The van der Waals surface area contributed by atoms with Crippen LogP contribution in [0.5, 0.6) is 0 Å². The summed E-state index contributed by atoms with van der Waals surface area (Å²) in [6.45, 7) is 21.3. The Kier molecular flexibility index (Phi) is 11.5. The van der Waals surface area contributed by atoms with Crippen molar-refractivity contribution in [1.29, 1.82) is 0 Å². The third-order valence-corrected chi connectivity index (χ3v) is 18.5. The Balaban J connectivity index is 1.10. The Morgan fingerprint density at radius 2 is 1.64 bits per heavy atom. The molecule has 5 heteroatoms. The standard InChI is InChI=1S/C50H77FN2O2/c1-35(2)38-19-26-49(29-30-52-31-32-53(8)9)28-27-47(6)40(43(38)49)15-16-42-46(5)22-20-39(45(3,4)41(46)21-23-48(42,47)7)37-17-24-50(34-51,25-18-37)44(54)55-33-36-13-11-10-12-14-36/h10-14,17,20,35,38,40-43,52H,15-16,18-19,21-34H2,1-9H3/t38-,40+,41-,42+,43+,46-,47+,48+,49+,50-/m0/s1. The van der Waals surface area contributed by atoms with Crippen molar-refractivity contribution in [3.63, 3.8) is 0 Å². The molecule has 1 aromatic carbocycles. The number of nitrogens with zero attached hydrogens (tertiary/aromatic N) is 1. The van der Waals surface area contributed by atoms with Gasteiger partial charge in [-0.15, -0.1) is 0 Å². The fourth-order valence-corrected chi connectivity index (χ4v) is 15.3. The Bertz CT molecular complexity index is 1600. The summed E-state index contributed by atoms with van der Waals surface area (Å²) in [6.07, 6.45) is 20.2. The molecule has 0 unspecified atom stereocenters.